The second-order valence-corrected chi connectivity index (χ2v) is 9.65. The minimum absolute atomic E-state index is 0.0367. The van der Waals surface area contributed by atoms with Gasteiger partial charge < -0.3 is 15.1 Å². The number of amides is 3. The number of anilines is 1. The summed E-state index contributed by atoms with van der Waals surface area (Å²) in [6.45, 7) is 3.85. The standard InChI is InChI=1S/C27H31N3O2S/c1-2-21-10-6-11-24(16-21)28-27(32)30(18-23-13-14-23)20-26(31)29(19-25-12-7-15-33-25)17-22-8-4-3-5-9-22/h3-12,15-16,23H,2,13-14,17-20H2,1H3,(H,28,32). The zero-order valence-corrected chi connectivity index (χ0v) is 19.9. The van der Waals surface area contributed by atoms with Gasteiger partial charge in [0, 0.05) is 23.7 Å². The van der Waals surface area contributed by atoms with Gasteiger partial charge >= 0.3 is 6.03 Å². The van der Waals surface area contributed by atoms with Gasteiger partial charge in [0.25, 0.3) is 0 Å². The number of urea groups is 1. The lowest BCUT2D eigenvalue weighted by molar-refractivity contribution is -0.133. The number of carbonyl (C=O) groups excluding carboxylic acids is 2. The van der Waals surface area contributed by atoms with Gasteiger partial charge in [-0.25, -0.2) is 4.79 Å². The summed E-state index contributed by atoms with van der Waals surface area (Å²) in [6.07, 6.45) is 3.14. The van der Waals surface area contributed by atoms with E-state index < -0.39 is 0 Å². The first-order valence-corrected chi connectivity index (χ1v) is 12.5. The molecule has 0 aliphatic heterocycles. The fourth-order valence-corrected chi connectivity index (χ4v) is 4.51. The highest BCUT2D eigenvalue weighted by Gasteiger charge is 2.29. The quantitative estimate of drug-likeness (QED) is 0.416. The van der Waals surface area contributed by atoms with Gasteiger partial charge in [-0.3, -0.25) is 4.79 Å². The number of benzene rings is 2. The monoisotopic (exact) mass is 461 g/mol. The fourth-order valence-electron chi connectivity index (χ4n) is 3.79. The van der Waals surface area contributed by atoms with Crippen molar-refractivity contribution in [1.29, 1.82) is 0 Å². The first-order chi connectivity index (χ1) is 16.1. The Hall–Kier alpha value is -3.12. The van der Waals surface area contributed by atoms with Gasteiger partial charge in [-0.05, 0) is 59.9 Å². The number of hydrogen-bond acceptors (Lipinski definition) is 3. The zero-order valence-electron chi connectivity index (χ0n) is 19.1. The van der Waals surface area contributed by atoms with Gasteiger partial charge in [0.15, 0.2) is 0 Å². The molecule has 33 heavy (non-hydrogen) atoms. The Kier molecular flexibility index (Phi) is 7.79. The summed E-state index contributed by atoms with van der Waals surface area (Å²) in [5, 5.41) is 5.03. The number of aryl methyl sites for hydroxylation is 1. The van der Waals surface area contributed by atoms with Crippen LogP contribution in [0.2, 0.25) is 0 Å². The topological polar surface area (TPSA) is 52.7 Å². The minimum Gasteiger partial charge on any atom is -0.332 e. The van der Waals surface area contributed by atoms with Crippen molar-refractivity contribution in [2.45, 2.75) is 39.3 Å². The van der Waals surface area contributed by atoms with Crippen LogP contribution in [-0.2, 0) is 24.3 Å². The van der Waals surface area contributed by atoms with Crippen LogP contribution >= 0.6 is 11.3 Å². The highest BCUT2D eigenvalue weighted by Crippen LogP contribution is 2.30. The third kappa shape index (κ3) is 6.93. The zero-order chi connectivity index (χ0) is 23.0. The Morgan fingerprint density at radius 2 is 1.73 bits per heavy atom. The van der Waals surface area contributed by atoms with Crippen molar-refractivity contribution in [1.82, 2.24) is 9.80 Å². The molecular weight excluding hydrogens is 430 g/mol. The smallest absolute Gasteiger partial charge is 0.322 e. The number of thiophene rings is 1. The largest absolute Gasteiger partial charge is 0.332 e. The summed E-state index contributed by atoms with van der Waals surface area (Å²) in [7, 11) is 0. The molecule has 1 aliphatic rings. The van der Waals surface area contributed by atoms with Crippen LogP contribution in [-0.4, -0.2) is 34.8 Å². The summed E-state index contributed by atoms with van der Waals surface area (Å²) in [5.74, 6) is 0.454. The van der Waals surface area contributed by atoms with Gasteiger partial charge in [-0.1, -0.05) is 55.5 Å². The Morgan fingerprint density at radius 1 is 0.939 bits per heavy atom. The molecule has 1 aliphatic carbocycles. The summed E-state index contributed by atoms with van der Waals surface area (Å²) in [4.78, 5) is 31.3. The molecule has 1 saturated carbocycles. The molecule has 3 aromatic rings. The fraction of sp³-hybridized carbons (Fsp3) is 0.333. The Morgan fingerprint density at radius 3 is 2.42 bits per heavy atom. The van der Waals surface area contributed by atoms with Gasteiger partial charge in [-0.2, -0.15) is 0 Å². The molecule has 4 rings (SSSR count). The first kappa shape index (κ1) is 23.1. The SMILES string of the molecule is CCc1cccc(NC(=O)N(CC(=O)N(Cc2ccccc2)Cc2cccs2)CC2CC2)c1. The summed E-state index contributed by atoms with van der Waals surface area (Å²) in [5.41, 5.74) is 3.02. The van der Waals surface area contributed by atoms with E-state index in [0.717, 1.165) is 35.4 Å². The number of nitrogens with one attached hydrogen (secondary N) is 1. The van der Waals surface area contributed by atoms with Gasteiger partial charge in [0.1, 0.15) is 6.54 Å². The van der Waals surface area contributed by atoms with E-state index in [1.54, 1.807) is 16.2 Å². The lowest BCUT2D eigenvalue weighted by Gasteiger charge is -2.28. The van der Waals surface area contributed by atoms with E-state index in [2.05, 4.69) is 12.2 Å². The molecule has 0 spiro atoms. The molecule has 3 amide bonds. The number of carbonyl (C=O) groups is 2. The third-order valence-electron chi connectivity index (χ3n) is 5.87. The van der Waals surface area contributed by atoms with Crippen LogP contribution in [0.25, 0.3) is 0 Å². The summed E-state index contributed by atoms with van der Waals surface area (Å²) in [6, 6.07) is 21.7. The maximum atomic E-state index is 13.5. The van der Waals surface area contributed by atoms with E-state index in [0.29, 0.717) is 25.6 Å². The molecule has 0 bridgehead atoms. The molecule has 1 aromatic heterocycles. The average Bonchev–Trinajstić information content (AvgIpc) is 3.50. The lowest BCUT2D eigenvalue weighted by Crippen LogP contribution is -2.45. The Balaban J connectivity index is 1.47. The van der Waals surface area contributed by atoms with E-state index in [1.165, 1.54) is 5.56 Å². The van der Waals surface area contributed by atoms with Crippen molar-refractivity contribution in [2.24, 2.45) is 5.92 Å². The third-order valence-corrected chi connectivity index (χ3v) is 6.73. The van der Waals surface area contributed by atoms with Crippen LogP contribution in [0.1, 0.15) is 35.8 Å². The molecule has 172 valence electrons. The maximum absolute atomic E-state index is 13.5. The number of rotatable bonds is 10. The summed E-state index contributed by atoms with van der Waals surface area (Å²) >= 11 is 1.64. The first-order valence-electron chi connectivity index (χ1n) is 11.6. The van der Waals surface area contributed by atoms with Crippen molar-refractivity contribution in [3.8, 4) is 0 Å². The number of nitrogens with zero attached hydrogens (tertiary/aromatic N) is 2. The molecule has 0 atom stereocenters. The van der Waals surface area contributed by atoms with Crippen molar-refractivity contribution in [3.05, 3.63) is 88.1 Å². The van der Waals surface area contributed by atoms with Gasteiger partial charge in [0.05, 0.1) is 6.54 Å². The Labute approximate surface area is 200 Å². The minimum atomic E-state index is -0.209. The predicted octanol–water partition coefficient (Wildman–Crippen LogP) is 5.78. The van der Waals surface area contributed by atoms with Crippen LogP contribution in [0.4, 0.5) is 10.5 Å². The molecule has 1 N–H and O–H groups in total. The average molecular weight is 462 g/mol. The maximum Gasteiger partial charge on any atom is 0.322 e. The predicted molar refractivity (Wildman–Crippen MR) is 134 cm³/mol. The molecule has 1 fully saturated rings. The van der Waals surface area contributed by atoms with Crippen molar-refractivity contribution in [3.63, 3.8) is 0 Å². The molecule has 5 nitrogen and oxygen atoms in total. The van der Waals surface area contributed by atoms with Crippen molar-refractivity contribution < 1.29 is 9.59 Å². The van der Waals surface area contributed by atoms with Crippen LogP contribution in [0.5, 0.6) is 0 Å². The highest BCUT2D eigenvalue weighted by molar-refractivity contribution is 7.09. The van der Waals surface area contributed by atoms with E-state index >= 15 is 0 Å². The molecule has 0 unspecified atom stereocenters. The van der Waals surface area contributed by atoms with Crippen LogP contribution < -0.4 is 5.32 Å². The van der Waals surface area contributed by atoms with E-state index in [9.17, 15) is 9.59 Å². The molecule has 2 aromatic carbocycles. The van der Waals surface area contributed by atoms with Crippen molar-refractivity contribution >= 4 is 29.0 Å². The van der Waals surface area contributed by atoms with Crippen LogP contribution in [0.3, 0.4) is 0 Å². The van der Waals surface area contributed by atoms with E-state index in [-0.39, 0.29) is 18.5 Å². The van der Waals surface area contributed by atoms with Crippen LogP contribution in [0, 0.1) is 5.92 Å². The van der Waals surface area contributed by atoms with Gasteiger partial charge in [0.2, 0.25) is 5.91 Å². The molecular formula is C27H31N3O2S. The molecule has 6 heteroatoms. The molecule has 0 saturated heterocycles. The van der Waals surface area contributed by atoms with Gasteiger partial charge in [-0.15, -0.1) is 11.3 Å². The van der Waals surface area contributed by atoms with E-state index in [1.807, 2.05) is 77.0 Å². The van der Waals surface area contributed by atoms with Crippen molar-refractivity contribution in [2.75, 3.05) is 18.4 Å². The Bertz CT molecular complexity index is 1050. The van der Waals surface area contributed by atoms with Crippen LogP contribution in [0.15, 0.2) is 72.1 Å². The lowest BCUT2D eigenvalue weighted by atomic mass is 10.1. The number of hydrogen-bond donors (Lipinski definition) is 1. The highest BCUT2D eigenvalue weighted by atomic mass is 32.1. The molecule has 0 radical (unpaired) electrons. The molecule has 1 heterocycles. The normalized spacial score (nSPS) is 12.9. The second-order valence-electron chi connectivity index (χ2n) is 8.62. The van der Waals surface area contributed by atoms with E-state index in [4.69, 9.17) is 0 Å². The summed E-state index contributed by atoms with van der Waals surface area (Å²) < 4.78 is 0. The second kappa shape index (κ2) is 11.1.